The predicted molar refractivity (Wildman–Crippen MR) is 95.2 cm³/mol. The normalized spacial score (nSPS) is 16.2. The molecule has 0 radical (unpaired) electrons. The average molecular weight is 317 g/mol. The molecule has 0 saturated carbocycles. The van der Waals surface area contributed by atoms with Gasteiger partial charge in [0.1, 0.15) is 5.54 Å². The van der Waals surface area contributed by atoms with Gasteiger partial charge in [0.25, 0.3) is 0 Å². The Bertz CT molecular complexity index is 1020. The molecule has 0 atom stereocenters. The Hall–Kier alpha value is -2.75. The maximum atomic E-state index is 12.7. The number of carbonyl (C=O) groups is 1. The number of benzene rings is 1. The third-order valence-electron chi connectivity index (χ3n) is 4.81. The Labute approximate surface area is 140 Å². The summed E-state index contributed by atoms with van der Waals surface area (Å²) in [7, 11) is 0. The van der Waals surface area contributed by atoms with Crippen LogP contribution >= 0.6 is 0 Å². The first-order valence-electron chi connectivity index (χ1n) is 8.08. The predicted octanol–water partition coefficient (Wildman–Crippen LogP) is 3.76. The summed E-state index contributed by atoms with van der Waals surface area (Å²) in [6.07, 6.45) is 1.85. The van der Waals surface area contributed by atoms with Gasteiger partial charge in [-0.3, -0.25) is 9.79 Å². The van der Waals surface area contributed by atoms with E-state index in [1.54, 1.807) is 0 Å². The topological polar surface area (TPSA) is 46.7 Å². The Balaban J connectivity index is 2.03. The number of Topliss-reactive ketones (excluding diaryl/α,β-unsaturated/α-hetero) is 1. The fourth-order valence-electron chi connectivity index (χ4n) is 3.27. The van der Waals surface area contributed by atoms with Crippen LogP contribution in [0.2, 0.25) is 0 Å². The van der Waals surface area contributed by atoms with Crippen LogP contribution in [0.4, 0.5) is 0 Å². The zero-order valence-electron chi connectivity index (χ0n) is 14.3. The molecule has 2 aromatic heterocycles. The second kappa shape index (κ2) is 4.87. The van der Waals surface area contributed by atoms with Gasteiger partial charge in [-0.2, -0.15) is 5.10 Å². The highest BCUT2D eigenvalue weighted by Crippen LogP contribution is 2.30. The number of hydrogen-bond donors (Lipinski definition) is 0. The van der Waals surface area contributed by atoms with Gasteiger partial charge in [0.15, 0.2) is 5.78 Å². The maximum Gasteiger partial charge on any atom is 0.190 e. The maximum absolute atomic E-state index is 12.7. The van der Waals surface area contributed by atoms with Gasteiger partial charge in [-0.1, -0.05) is 30.3 Å². The fourth-order valence-corrected chi connectivity index (χ4v) is 3.27. The smallest absolute Gasteiger partial charge is 0.190 e. The number of pyridine rings is 1. The summed E-state index contributed by atoms with van der Waals surface area (Å²) < 4.78 is 1.94. The van der Waals surface area contributed by atoms with E-state index in [9.17, 15) is 4.79 Å². The van der Waals surface area contributed by atoms with Gasteiger partial charge in [-0.05, 0) is 39.3 Å². The molecular weight excluding hydrogens is 298 g/mol. The lowest BCUT2D eigenvalue weighted by atomic mass is 9.84. The molecule has 0 saturated heterocycles. The standard InChI is InChI=1S/C20H19N3O/c1-12-9-10-17-16(11-21-23(17)13(12)2)18-14-7-5-6-8-15(14)19(24)20(3,4)22-18/h5-11H,1-4H3. The molecule has 4 nitrogen and oxygen atoms in total. The molecule has 3 heterocycles. The van der Waals surface area contributed by atoms with Crippen molar-refractivity contribution in [3.63, 3.8) is 0 Å². The largest absolute Gasteiger partial charge is 0.291 e. The summed E-state index contributed by atoms with van der Waals surface area (Å²) in [5.74, 6) is 0.0605. The molecule has 3 aromatic rings. The van der Waals surface area contributed by atoms with Crippen molar-refractivity contribution in [3.8, 4) is 0 Å². The summed E-state index contributed by atoms with van der Waals surface area (Å²) >= 11 is 0. The second-order valence-corrected chi connectivity index (χ2v) is 6.85. The van der Waals surface area contributed by atoms with Gasteiger partial charge in [0.2, 0.25) is 0 Å². The Morgan fingerprint density at radius 2 is 1.67 bits per heavy atom. The molecule has 1 aliphatic heterocycles. The molecule has 4 heteroatoms. The van der Waals surface area contributed by atoms with Crippen molar-refractivity contribution in [1.29, 1.82) is 0 Å². The van der Waals surface area contributed by atoms with Crippen LogP contribution in [0.25, 0.3) is 5.52 Å². The number of nitrogens with zero attached hydrogens (tertiary/aromatic N) is 3. The van der Waals surface area contributed by atoms with Crippen LogP contribution in [0, 0.1) is 13.8 Å². The van der Waals surface area contributed by atoms with Crippen molar-refractivity contribution in [3.05, 3.63) is 70.5 Å². The number of ketones is 1. The molecule has 0 unspecified atom stereocenters. The van der Waals surface area contributed by atoms with Crippen molar-refractivity contribution in [1.82, 2.24) is 9.61 Å². The van der Waals surface area contributed by atoms with Crippen LogP contribution in [0.5, 0.6) is 0 Å². The number of aryl methyl sites for hydroxylation is 2. The molecule has 4 rings (SSSR count). The highest BCUT2D eigenvalue weighted by Gasteiger charge is 2.36. The molecule has 120 valence electrons. The number of carbonyl (C=O) groups excluding carboxylic acids is 1. The van der Waals surface area contributed by atoms with Crippen LogP contribution in [0.15, 0.2) is 47.6 Å². The monoisotopic (exact) mass is 317 g/mol. The number of hydrogen-bond acceptors (Lipinski definition) is 3. The van der Waals surface area contributed by atoms with Gasteiger partial charge in [0.05, 0.1) is 17.4 Å². The molecule has 0 bridgehead atoms. The first-order chi connectivity index (χ1) is 11.4. The van der Waals surface area contributed by atoms with Gasteiger partial charge in [-0.25, -0.2) is 4.52 Å². The van der Waals surface area contributed by atoms with E-state index in [1.165, 1.54) is 5.56 Å². The van der Waals surface area contributed by atoms with Crippen LogP contribution < -0.4 is 0 Å². The van der Waals surface area contributed by atoms with Gasteiger partial charge in [-0.15, -0.1) is 0 Å². The summed E-state index contributed by atoms with van der Waals surface area (Å²) in [6.45, 7) is 7.87. The van der Waals surface area contributed by atoms with Crippen molar-refractivity contribution in [2.24, 2.45) is 4.99 Å². The second-order valence-electron chi connectivity index (χ2n) is 6.85. The van der Waals surface area contributed by atoms with Crippen LogP contribution in [0.1, 0.15) is 46.6 Å². The molecule has 0 fully saturated rings. The van der Waals surface area contributed by atoms with E-state index in [-0.39, 0.29) is 5.78 Å². The van der Waals surface area contributed by atoms with Gasteiger partial charge in [0, 0.05) is 22.4 Å². The minimum atomic E-state index is -0.766. The van der Waals surface area contributed by atoms with Crippen LogP contribution in [0.3, 0.4) is 0 Å². The molecule has 1 aromatic carbocycles. The number of aliphatic imine (C=N–C) groups is 1. The molecule has 0 N–H and O–H groups in total. The number of fused-ring (bicyclic) bond motifs is 2. The molecule has 0 amide bonds. The van der Waals surface area contributed by atoms with Crippen molar-refractivity contribution in [2.45, 2.75) is 33.2 Å². The lowest BCUT2D eigenvalue weighted by Crippen LogP contribution is -2.36. The fraction of sp³-hybridized carbons (Fsp3) is 0.250. The number of aromatic nitrogens is 2. The highest BCUT2D eigenvalue weighted by atomic mass is 16.1. The zero-order valence-corrected chi connectivity index (χ0v) is 14.3. The summed E-state index contributed by atoms with van der Waals surface area (Å²) in [5, 5.41) is 4.54. The lowest BCUT2D eigenvalue weighted by molar-refractivity contribution is 0.0912. The minimum Gasteiger partial charge on any atom is -0.291 e. The Kier molecular flexibility index (Phi) is 3.01. The lowest BCUT2D eigenvalue weighted by Gasteiger charge is -2.27. The van der Waals surface area contributed by atoms with Gasteiger partial charge < -0.3 is 0 Å². The van der Waals surface area contributed by atoms with Crippen molar-refractivity contribution >= 4 is 17.0 Å². The summed E-state index contributed by atoms with van der Waals surface area (Å²) in [5.41, 5.74) is 5.97. The van der Waals surface area contributed by atoms with E-state index in [0.29, 0.717) is 0 Å². The summed E-state index contributed by atoms with van der Waals surface area (Å²) in [6, 6.07) is 11.9. The molecule has 0 aliphatic carbocycles. The van der Waals surface area contributed by atoms with E-state index in [2.05, 4.69) is 31.1 Å². The van der Waals surface area contributed by atoms with Crippen molar-refractivity contribution in [2.75, 3.05) is 0 Å². The molecule has 24 heavy (non-hydrogen) atoms. The van der Waals surface area contributed by atoms with Gasteiger partial charge >= 0.3 is 0 Å². The molecule has 1 aliphatic rings. The van der Waals surface area contributed by atoms with E-state index in [4.69, 9.17) is 4.99 Å². The third-order valence-corrected chi connectivity index (χ3v) is 4.81. The highest BCUT2D eigenvalue weighted by molar-refractivity contribution is 6.25. The van der Waals surface area contributed by atoms with E-state index < -0.39 is 5.54 Å². The summed E-state index contributed by atoms with van der Waals surface area (Å²) in [4.78, 5) is 17.5. The SMILES string of the molecule is Cc1ccc2c(C3=NC(C)(C)C(=O)c4ccccc43)cnn2c1C. The average Bonchev–Trinajstić information content (AvgIpc) is 2.99. The van der Waals surface area contributed by atoms with Crippen LogP contribution in [-0.2, 0) is 0 Å². The Morgan fingerprint density at radius 1 is 0.958 bits per heavy atom. The quantitative estimate of drug-likeness (QED) is 0.686. The zero-order chi connectivity index (χ0) is 17.1. The van der Waals surface area contributed by atoms with Crippen molar-refractivity contribution < 1.29 is 4.79 Å². The van der Waals surface area contributed by atoms with E-state index >= 15 is 0 Å². The minimum absolute atomic E-state index is 0.0605. The Morgan fingerprint density at radius 3 is 2.42 bits per heavy atom. The molecular formula is C20H19N3O. The number of rotatable bonds is 1. The van der Waals surface area contributed by atoms with E-state index in [1.807, 2.05) is 48.8 Å². The first kappa shape index (κ1) is 14.8. The third kappa shape index (κ3) is 1.96. The molecule has 0 spiro atoms. The van der Waals surface area contributed by atoms with E-state index in [0.717, 1.165) is 33.6 Å². The first-order valence-corrected chi connectivity index (χ1v) is 8.08. The van der Waals surface area contributed by atoms with Crippen LogP contribution in [-0.4, -0.2) is 26.6 Å².